The molecule has 0 spiro atoms. The highest BCUT2D eigenvalue weighted by molar-refractivity contribution is 5.27. The Morgan fingerprint density at radius 2 is 1.75 bits per heavy atom. The lowest BCUT2D eigenvalue weighted by atomic mass is 9.85. The molecule has 0 saturated heterocycles. The average Bonchev–Trinajstić information content (AvgIpc) is 2.40. The highest BCUT2D eigenvalue weighted by Crippen LogP contribution is 2.27. The molecule has 1 aromatic carbocycles. The fourth-order valence-corrected chi connectivity index (χ4v) is 2.98. The fraction of sp³-hybridized carbons (Fsp3) is 0.667. The molecule has 0 aliphatic heterocycles. The third kappa shape index (κ3) is 4.07. The van der Waals surface area contributed by atoms with Crippen molar-refractivity contribution in [1.82, 2.24) is 10.2 Å². The second kappa shape index (κ2) is 7.24. The monoisotopic (exact) mass is 274 g/mol. The van der Waals surface area contributed by atoms with E-state index in [1.807, 2.05) is 0 Å². The molecule has 20 heavy (non-hydrogen) atoms. The average molecular weight is 274 g/mol. The first-order valence-electron chi connectivity index (χ1n) is 8.05. The fourth-order valence-electron chi connectivity index (χ4n) is 2.98. The molecule has 0 aromatic heterocycles. The number of hydrogen-bond donors (Lipinski definition) is 1. The number of benzene rings is 1. The quantitative estimate of drug-likeness (QED) is 0.813. The van der Waals surface area contributed by atoms with Gasteiger partial charge in [-0.3, -0.25) is 0 Å². The first kappa shape index (κ1) is 15.5. The van der Waals surface area contributed by atoms with Gasteiger partial charge in [0.15, 0.2) is 0 Å². The Balaban J connectivity index is 1.92. The second-order valence-corrected chi connectivity index (χ2v) is 6.68. The maximum atomic E-state index is 3.47. The second-order valence-electron chi connectivity index (χ2n) is 6.68. The normalized spacial score (nSPS) is 17.5. The molecule has 2 rings (SSSR count). The van der Waals surface area contributed by atoms with E-state index in [1.165, 1.54) is 36.9 Å². The molecule has 1 N–H and O–H groups in total. The largest absolute Gasteiger partial charge is 0.312 e. The molecule has 2 nitrogen and oxygen atoms in total. The predicted octanol–water partition coefficient (Wildman–Crippen LogP) is 3.80. The lowest BCUT2D eigenvalue weighted by Crippen LogP contribution is -2.35. The van der Waals surface area contributed by atoms with Crippen LogP contribution in [0.15, 0.2) is 24.3 Å². The van der Waals surface area contributed by atoms with Crippen LogP contribution in [0.25, 0.3) is 0 Å². The summed E-state index contributed by atoms with van der Waals surface area (Å²) in [7, 11) is 4.32. The van der Waals surface area contributed by atoms with Crippen molar-refractivity contribution in [3.8, 4) is 0 Å². The molecular weight excluding hydrogens is 244 g/mol. The summed E-state index contributed by atoms with van der Waals surface area (Å²) in [6.07, 6.45) is 4.29. The van der Waals surface area contributed by atoms with Crippen molar-refractivity contribution in [2.45, 2.75) is 45.1 Å². The van der Waals surface area contributed by atoms with Gasteiger partial charge in [0.2, 0.25) is 0 Å². The first-order valence-corrected chi connectivity index (χ1v) is 8.05. The van der Waals surface area contributed by atoms with Crippen molar-refractivity contribution in [3.63, 3.8) is 0 Å². The van der Waals surface area contributed by atoms with E-state index in [1.54, 1.807) is 0 Å². The number of likely N-dealkylation sites (N-methyl/N-ethyl adjacent to an activating group) is 2. The molecule has 0 amide bonds. The van der Waals surface area contributed by atoms with Crippen LogP contribution >= 0.6 is 0 Å². The van der Waals surface area contributed by atoms with Gasteiger partial charge >= 0.3 is 0 Å². The van der Waals surface area contributed by atoms with Crippen molar-refractivity contribution in [2.75, 3.05) is 27.2 Å². The molecule has 112 valence electrons. The smallest absolute Gasteiger partial charge is 0.0446 e. The minimum atomic E-state index is 0.432. The molecular formula is C18H30N2. The number of nitrogens with one attached hydrogen (secondary N) is 1. The van der Waals surface area contributed by atoms with Gasteiger partial charge in [0.05, 0.1) is 0 Å². The predicted molar refractivity (Wildman–Crippen MR) is 87.2 cm³/mol. The number of hydrogen-bond acceptors (Lipinski definition) is 2. The van der Waals surface area contributed by atoms with Gasteiger partial charge in [-0.1, -0.05) is 44.5 Å². The molecule has 0 bridgehead atoms. The summed E-state index contributed by atoms with van der Waals surface area (Å²) in [5.74, 6) is 1.55. The molecule has 1 aliphatic carbocycles. The zero-order chi connectivity index (χ0) is 14.5. The molecule has 1 aliphatic rings. The summed E-state index contributed by atoms with van der Waals surface area (Å²) in [6.45, 7) is 6.84. The van der Waals surface area contributed by atoms with Gasteiger partial charge in [-0.2, -0.15) is 0 Å². The maximum Gasteiger partial charge on any atom is 0.0446 e. The Hall–Kier alpha value is -0.860. The standard InChI is InChI=1S/C18H30N2/c1-14(2)16-8-10-17(11-9-16)18(19-3)13-20(4)12-15-6-5-7-15/h8-11,14-15,18-19H,5-7,12-13H2,1-4H3. The van der Waals surface area contributed by atoms with Crippen LogP contribution in [0.2, 0.25) is 0 Å². The van der Waals surface area contributed by atoms with E-state index >= 15 is 0 Å². The van der Waals surface area contributed by atoms with Gasteiger partial charge < -0.3 is 10.2 Å². The number of rotatable bonds is 7. The summed E-state index contributed by atoms with van der Waals surface area (Å²) in [4.78, 5) is 2.49. The Labute approximate surface area is 124 Å². The molecule has 1 fully saturated rings. The lowest BCUT2D eigenvalue weighted by molar-refractivity contribution is 0.193. The SMILES string of the molecule is CNC(CN(C)CC1CCC1)c1ccc(C(C)C)cc1. The van der Waals surface area contributed by atoms with E-state index in [0.29, 0.717) is 12.0 Å². The zero-order valence-electron chi connectivity index (χ0n) is 13.5. The van der Waals surface area contributed by atoms with E-state index in [0.717, 1.165) is 12.5 Å². The van der Waals surface area contributed by atoms with E-state index < -0.39 is 0 Å². The molecule has 1 saturated carbocycles. The van der Waals surface area contributed by atoms with Crippen LogP contribution in [0.4, 0.5) is 0 Å². The minimum Gasteiger partial charge on any atom is -0.312 e. The van der Waals surface area contributed by atoms with Crippen LogP contribution in [0.5, 0.6) is 0 Å². The molecule has 1 unspecified atom stereocenters. The van der Waals surface area contributed by atoms with Crippen LogP contribution < -0.4 is 5.32 Å². The molecule has 0 radical (unpaired) electrons. The van der Waals surface area contributed by atoms with Crippen LogP contribution in [0.3, 0.4) is 0 Å². The van der Waals surface area contributed by atoms with E-state index in [9.17, 15) is 0 Å². The van der Waals surface area contributed by atoms with Gasteiger partial charge in [0.1, 0.15) is 0 Å². The van der Waals surface area contributed by atoms with Crippen molar-refractivity contribution < 1.29 is 0 Å². The van der Waals surface area contributed by atoms with Gasteiger partial charge in [0.25, 0.3) is 0 Å². The zero-order valence-corrected chi connectivity index (χ0v) is 13.5. The van der Waals surface area contributed by atoms with Crippen molar-refractivity contribution in [3.05, 3.63) is 35.4 Å². The molecule has 0 heterocycles. The van der Waals surface area contributed by atoms with E-state index in [4.69, 9.17) is 0 Å². The topological polar surface area (TPSA) is 15.3 Å². The van der Waals surface area contributed by atoms with Crippen molar-refractivity contribution in [2.24, 2.45) is 5.92 Å². The Kier molecular flexibility index (Phi) is 5.62. The Morgan fingerprint density at radius 1 is 1.15 bits per heavy atom. The van der Waals surface area contributed by atoms with Crippen LogP contribution in [-0.2, 0) is 0 Å². The molecule has 1 aromatic rings. The van der Waals surface area contributed by atoms with E-state index in [2.05, 4.69) is 62.4 Å². The Bertz CT molecular complexity index is 392. The van der Waals surface area contributed by atoms with E-state index in [-0.39, 0.29) is 0 Å². The highest BCUT2D eigenvalue weighted by Gasteiger charge is 2.20. The van der Waals surface area contributed by atoms with Crippen LogP contribution in [0.1, 0.15) is 56.2 Å². The van der Waals surface area contributed by atoms with Gasteiger partial charge in [0, 0.05) is 19.1 Å². The van der Waals surface area contributed by atoms with Crippen LogP contribution in [0, 0.1) is 5.92 Å². The number of nitrogens with zero attached hydrogens (tertiary/aromatic N) is 1. The van der Waals surface area contributed by atoms with Gasteiger partial charge in [-0.05, 0) is 49.9 Å². The molecule has 2 heteroatoms. The summed E-state index contributed by atoms with van der Waals surface area (Å²) in [5.41, 5.74) is 2.82. The van der Waals surface area contributed by atoms with Crippen molar-refractivity contribution >= 4 is 0 Å². The minimum absolute atomic E-state index is 0.432. The summed E-state index contributed by atoms with van der Waals surface area (Å²) in [5, 5.41) is 3.47. The maximum absolute atomic E-state index is 3.47. The Morgan fingerprint density at radius 3 is 2.20 bits per heavy atom. The summed E-state index contributed by atoms with van der Waals surface area (Å²) >= 11 is 0. The summed E-state index contributed by atoms with van der Waals surface area (Å²) < 4.78 is 0. The molecule has 1 atom stereocenters. The lowest BCUT2D eigenvalue weighted by Gasteiger charge is -2.32. The summed E-state index contributed by atoms with van der Waals surface area (Å²) in [6, 6.07) is 9.55. The van der Waals surface area contributed by atoms with Gasteiger partial charge in [-0.25, -0.2) is 0 Å². The third-order valence-corrected chi connectivity index (χ3v) is 4.64. The van der Waals surface area contributed by atoms with Crippen LogP contribution in [-0.4, -0.2) is 32.1 Å². The van der Waals surface area contributed by atoms with Crippen molar-refractivity contribution in [1.29, 1.82) is 0 Å². The third-order valence-electron chi connectivity index (χ3n) is 4.64. The van der Waals surface area contributed by atoms with Gasteiger partial charge in [-0.15, -0.1) is 0 Å². The first-order chi connectivity index (χ1) is 9.60. The highest BCUT2D eigenvalue weighted by atomic mass is 15.1.